The molecule has 0 N–H and O–H groups in total. The fourth-order valence-corrected chi connectivity index (χ4v) is 2.17. The Hall–Kier alpha value is 1.09. The van der Waals surface area contributed by atoms with Gasteiger partial charge < -0.3 is 0 Å². The first-order valence-corrected chi connectivity index (χ1v) is 5.36. The van der Waals surface area contributed by atoms with Crippen LogP contribution in [0.2, 0.25) is 0 Å². The molecule has 0 spiro atoms. The Kier molecular flexibility index (Phi) is 3.36. The molecule has 1 rings (SSSR count). The van der Waals surface area contributed by atoms with Crippen LogP contribution in [-0.2, 0) is 0 Å². The van der Waals surface area contributed by atoms with Crippen LogP contribution in [-0.4, -0.2) is 0 Å². The third-order valence-electron chi connectivity index (χ3n) is 0.963. The topological polar surface area (TPSA) is 0 Å². The van der Waals surface area contributed by atoms with Crippen LogP contribution in [0.1, 0.15) is 0 Å². The second-order valence-electron chi connectivity index (χ2n) is 1.68. The van der Waals surface area contributed by atoms with Gasteiger partial charge in [0.15, 0.2) is 0 Å². The molecular weight excluding hydrogens is 425 g/mol. The molecule has 0 bridgehead atoms. The molecule has 0 aromatic heterocycles. The van der Waals surface area contributed by atoms with Crippen LogP contribution in [0.15, 0.2) is 16.6 Å². The van der Waals surface area contributed by atoms with Gasteiger partial charge in [0.2, 0.25) is 0 Å². The van der Waals surface area contributed by atoms with Crippen molar-refractivity contribution in [2.24, 2.45) is 0 Å². The highest BCUT2D eigenvalue weighted by Gasteiger charge is 2.02. The molecule has 0 radical (unpaired) electrons. The number of benzene rings is 1. The molecule has 0 nitrogen and oxygen atoms in total. The summed E-state index contributed by atoms with van der Waals surface area (Å²) >= 11 is 7.36. The Bertz CT molecular complexity index is 212. The van der Waals surface area contributed by atoms with Crippen molar-refractivity contribution in [1.82, 2.24) is 0 Å². The van der Waals surface area contributed by atoms with E-state index < -0.39 is 0 Å². The van der Waals surface area contributed by atoms with Crippen LogP contribution >= 0.6 is 61.1 Å². The minimum atomic E-state index is -0.204. The van der Waals surface area contributed by atoms with E-state index in [0.717, 1.165) is 7.14 Å². The molecule has 54 valence electrons. The predicted molar refractivity (Wildman–Crippen MR) is 59.5 cm³/mol. The molecule has 0 atom stereocenters. The van der Waals surface area contributed by atoms with Crippen molar-refractivity contribution in [2.75, 3.05) is 0 Å². The number of halogens is 4. The van der Waals surface area contributed by atoms with Crippen LogP contribution < -0.4 is 0 Å². The molecule has 0 amide bonds. The molecular formula is C6H2BrFI2. The van der Waals surface area contributed by atoms with Crippen molar-refractivity contribution < 1.29 is 4.39 Å². The Morgan fingerprint density at radius 2 is 1.70 bits per heavy atom. The van der Waals surface area contributed by atoms with Gasteiger partial charge in [-0.2, -0.15) is 0 Å². The van der Waals surface area contributed by atoms with Crippen molar-refractivity contribution in [3.05, 3.63) is 29.6 Å². The molecule has 0 saturated carbocycles. The third kappa shape index (κ3) is 2.04. The maximum Gasteiger partial charge on any atom is 0.138 e. The summed E-state index contributed by atoms with van der Waals surface area (Å²) in [6.07, 6.45) is 0. The second-order valence-corrected chi connectivity index (χ2v) is 4.86. The minimum absolute atomic E-state index is 0.204. The summed E-state index contributed by atoms with van der Waals surface area (Å²) in [5, 5.41) is 0. The van der Waals surface area contributed by atoms with Crippen molar-refractivity contribution in [2.45, 2.75) is 0 Å². The molecule has 0 aliphatic heterocycles. The Morgan fingerprint density at radius 3 is 2.20 bits per heavy atom. The number of hydrogen-bond donors (Lipinski definition) is 0. The van der Waals surface area contributed by atoms with Gasteiger partial charge in [-0.15, -0.1) is 0 Å². The first kappa shape index (κ1) is 9.18. The van der Waals surface area contributed by atoms with Gasteiger partial charge in [-0.05, 0) is 73.2 Å². The smallest absolute Gasteiger partial charge is 0.138 e. The molecule has 0 heterocycles. The Balaban J connectivity index is 3.28. The molecule has 10 heavy (non-hydrogen) atoms. The van der Waals surface area contributed by atoms with Gasteiger partial charge in [0.05, 0.1) is 4.47 Å². The van der Waals surface area contributed by atoms with Gasteiger partial charge in [-0.3, -0.25) is 0 Å². The second kappa shape index (κ2) is 3.66. The normalized spacial score (nSPS) is 10.0. The van der Waals surface area contributed by atoms with Crippen LogP contribution in [0, 0.1) is 13.0 Å². The van der Waals surface area contributed by atoms with Crippen LogP contribution in [0.5, 0.6) is 0 Å². The van der Waals surface area contributed by atoms with Crippen LogP contribution in [0.25, 0.3) is 0 Å². The Morgan fingerprint density at radius 1 is 1.20 bits per heavy atom. The molecule has 1 aromatic carbocycles. The van der Waals surface area contributed by atoms with E-state index in [-0.39, 0.29) is 5.82 Å². The summed E-state index contributed by atoms with van der Waals surface area (Å²) in [6.45, 7) is 0. The monoisotopic (exact) mass is 426 g/mol. The molecule has 0 unspecified atom stereocenters. The first-order chi connectivity index (χ1) is 4.61. The zero-order valence-corrected chi connectivity index (χ0v) is 10.6. The number of rotatable bonds is 0. The van der Waals surface area contributed by atoms with Crippen LogP contribution in [0.3, 0.4) is 0 Å². The van der Waals surface area contributed by atoms with Gasteiger partial charge in [0.1, 0.15) is 5.82 Å². The summed E-state index contributed by atoms with van der Waals surface area (Å²) in [4.78, 5) is 0. The first-order valence-electron chi connectivity index (χ1n) is 2.41. The van der Waals surface area contributed by atoms with Gasteiger partial charge in [0, 0.05) is 7.14 Å². The average molecular weight is 427 g/mol. The van der Waals surface area contributed by atoms with Crippen molar-refractivity contribution in [3.63, 3.8) is 0 Å². The summed E-state index contributed by atoms with van der Waals surface area (Å²) in [5.41, 5.74) is 0. The van der Waals surface area contributed by atoms with E-state index in [2.05, 4.69) is 61.1 Å². The molecule has 0 saturated heterocycles. The van der Waals surface area contributed by atoms with E-state index in [1.165, 1.54) is 6.07 Å². The predicted octanol–water partition coefficient (Wildman–Crippen LogP) is 3.80. The lowest BCUT2D eigenvalue weighted by Gasteiger charge is -1.97. The van der Waals surface area contributed by atoms with Gasteiger partial charge in [0.25, 0.3) is 0 Å². The van der Waals surface area contributed by atoms with E-state index in [1.807, 2.05) is 0 Å². The van der Waals surface area contributed by atoms with E-state index in [9.17, 15) is 4.39 Å². The molecule has 0 aliphatic carbocycles. The quantitative estimate of drug-likeness (QED) is 0.437. The maximum atomic E-state index is 12.7. The number of hydrogen-bond acceptors (Lipinski definition) is 0. The highest BCUT2D eigenvalue weighted by Crippen LogP contribution is 2.22. The molecule has 0 fully saturated rings. The van der Waals surface area contributed by atoms with Gasteiger partial charge in [-0.25, -0.2) is 4.39 Å². The van der Waals surface area contributed by atoms with E-state index in [0.29, 0.717) is 4.47 Å². The van der Waals surface area contributed by atoms with E-state index in [4.69, 9.17) is 0 Å². The minimum Gasteiger partial charge on any atom is -0.206 e. The van der Waals surface area contributed by atoms with E-state index >= 15 is 0 Å². The van der Waals surface area contributed by atoms with Crippen molar-refractivity contribution >= 4 is 61.1 Å². The maximum absolute atomic E-state index is 12.7. The lowest BCUT2D eigenvalue weighted by Crippen LogP contribution is -1.83. The summed E-state index contributed by atoms with van der Waals surface area (Å²) in [5.74, 6) is -0.204. The SMILES string of the molecule is Fc1cc(I)c(I)cc1Br. The van der Waals surface area contributed by atoms with E-state index in [1.54, 1.807) is 6.07 Å². The van der Waals surface area contributed by atoms with Crippen LogP contribution in [0.4, 0.5) is 4.39 Å². The van der Waals surface area contributed by atoms with Gasteiger partial charge >= 0.3 is 0 Å². The van der Waals surface area contributed by atoms with Crippen molar-refractivity contribution in [1.29, 1.82) is 0 Å². The lowest BCUT2D eigenvalue weighted by molar-refractivity contribution is 0.619. The average Bonchev–Trinajstić information content (AvgIpc) is 1.84. The Labute approximate surface area is 94.0 Å². The molecule has 0 aliphatic rings. The summed E-state index contributed by atoms with van der Waals surface area (Å²) in [7, 11) is 0. The fourth-order valence-electron chi connectivity index (χ4n) is 0.498. The highest BCUT2D eigenvalue weighted by atomic mass is 127. The standard InChI is InChI=1S/C6H2BrFI2/c7-3-1-5(9)6(10)2-4(3)8/h1-2H. The lowest BCUT2D eigenvalue weighted by atomic mass is 10.4. The van der Waals surface area contributed by atoms with Gasteiger partial charge in [-0.1, -0.05) is 0 Å². The summed E-state index contributed by atoms with van der Waals surface area (Å²) in [6, 6.07) is 3.27. The zero-order valence-electron chi connectivity index (χ0n) is 4.67. The zero-order chi connectivity index (χ0) is 7.72. The van der Waals surface area contributed by atoms with Crippen molar-refractivity contribution in [3.8, 4) is 0 Å². The fraction of sp³-hybridized carbons (Fsp3) is 0. The third-order valence-corrected chi connectivity index (χ3v) is 4.39. The highest BCUT2D eigenvalue weighted by molar-refractivity contribution is 14.1. The summed E-state index contributed by atoms with van der Waals surface area (Å²) < 4.78 is 15.2. The largest absolute Gasteiger partial charge is 0.206 e. The molecule has 1 aromatic rings. The molecule has 4 heteroatoms.